The lowest BCUT2D eigenvalue weighted by Gasteiger charge is -2.35. The Kier molecular flexibility index (Phi) is 6.59. The van der Waals surface area contributed by atoms with Crippen LogP contribution in [-0.4, -0.2) is 55.8 Å². The number of carbonyl (C=O) groups is 1. The Hall–Kier alpha value is -2.09. The van der Waals surface area contributed by atoms with Crippen LogP contribution in [0.3, 0.4) is 0 Å². The molecule has 150 valence electrons. The van der Waals surface area contributed by atoms with Crippen molar-refractivity contribution >= 4 is 27.5 Å². The first-order valence-corrected chi connectivity index (χ1v) is 11.1. The predicted molar refractivity (Wildman–Crippen MR) is 109 cm³/mol. The molecule has 2 aromatic carbocycles. The Morgan fingerprint density at radius 2 is 1.64 bits per heavy atom. The topological polar surface area (TPSA) is 66.9 Å². The monoisotopic (exact) mass is 422 g/mol. The molecule has 1 unspecified atom stereocenters. The summed E-state index contributed by atoms with van der Waals surface area (Å²) < 4.78 is 32.4. The van der Waals surface area contributed by atoms with E-state index in [-0.39, 0.29) is 24.7 Å². The Balaban J connectivity index is 1.54. The number of piperazine rings is 1. The van der Waals surface area contributed by atoms with Crippen LogP contribution in [-0.2, 0) is 20.6 Å². The molecule has 6 nitrogen and oxygen atoms in total. The number of hydrogen-bond donors (Lipinski definition) is 0. The van der Waals surface area contributed by atoms with E-state index in [1.807, 2.05) is 18.2 Å². The van der Waals surface area contributed by atoms with Crippen molar-refractivity contribution in [2.75, 3.05) is 26.2 Å². The van der Waals surface area contributed by atoms with Crippen LogP contribution in [0.5, 0.6) is 5.75 Å². The number of hydrogen-bond acceptors (Lipinski definition) is 4. The molecular weight excluding hydrogens is 400 g/mol. The zero-order valence-electron chi connectivity index (χ0n) is 15.6. The molecule has 1 heterocycles. The molecule has 8 heteroatoms. The molecule has 2 aromatic rings. The van der Waals surface area contributed by atoms with Crippen LogP contribution in [0.1, 0.15) is 12.5 Å². The van der Waals surface area contributed by atoms with Gasteiger partial charge in [0.05, 0.1) is 5.75 Å². The van der Waals surface area contributed by atoms with E-state index in [1.54, 1.807) is 48.2 Å². The summed E-state index contributed by atoms with van der Waals surface area (Å²) in [4.78, 5) is 14.3. The lowest BCUT2D eigenvalue weighted by Crippen LogP contribution is -2.53. The van der Waals surface area contributed by atoms with Gasteiger partial charge >= 0.3 is 0 Å². The van der Waals surface area contributed by atoms with Gasteiger partial charge in [-0.3, -0.25) is 4.79 Å². The highest BCUT2D eigenvalue weighted by atomic mass is 35.5. The minimum Gasteiger partial charge on any atom is -0.481 e. The molecule has 0 aliphatic carbocycles. The van der Waals surface area contributed by atoms with Gasteiger partial charge in [-0.1, -0.05) is 41.9 Å². The van der Waals surface area contributed by atoms with Crippen molar-refractivity contribution in [3.8, 4) is 5.75 Å². The SMILES string of the molecule is CC(Oc1ccc(Cl)cc1)C(=O)N1CCN(S(=O)(=O)Cc2ccccc2)CC1. The fraction of sp³-hybridized carbons (Fsp3) is 0.350. The molecular formula is C20H23ClN2O4S. The maximum atomic E-state index is 12.6. The van der Waals surface area contributed by atoms with Crippen molar-refractivity contribution in [2.45, 2.75) is 18.8 Å². The third kappa shape index (κ3) is 5.25. The summed E-state index contributed by atoms with van der Waals surface area (Å²) in [5.41, 5.74) is 0.756. The van der Waals surface area contributed by atoms with Crippen LogP contribution >= 0.6 is 11.6 Å². The van der Waals surface area contributed by atoms with E-state index in [4.69, 9.17) is 16.3 Å². The Morgan fingerprint density at radius 1 is 1.04 bits per heavy atom. The minimum absolute atomic E-state index is 0.0299. The van der Waals surface area contributed by atoms with E-state index in [0.29, 0.717) is 23.9 Å². The number of halogens is 1. The normalized spacial score (nSPS) is 16.6. The van der Waals surface area contributed by atoms with Gasteiger partial charge in [0.15, 0.2) is 6.10 Å². The lowest BCUT2D eigenvalue weighted by molar-refractivity contribution is -0.139. The summed E-state index contributed by atoms with van der Waals surface area (Å²) in [7, 11) is -3.41. The molecule has 28 heavy (non-hydrogen) atoms. The quantitative estimate of drug-likeness (QED) is 0.717. The highest BCUT2D eigenvalue weighted by molar-refractivity contribution is 7.88. The molecule has 3 rings (SSSR count). The van der Waals surface area contributed by atoms with Gasteiger partial charge in [0.1, 0.15) is 5.75 Å². The van der Waals surface area contributed by atoms with Gasteiger partial charge in [0, 0.05) is 31.2 Å². The third-order valence-electron chi connectivity index (χ3n) is 4.61. The van der Waals surface area contributed by atoms with E-state index in [1.165, 1.54) is 4.31 Å². The second-order valence-corrected chi connectivity index (χ2v) is 9.09. The summed E-state index contributed by atoms with van der Waals surface area (Å²) in [6, 6.07) is 15.9. The van der Waals surface area contributed by atoms with Crippen molar-refractivity contribution < 1.29 is 17.9 Å². The van der Waals surface area contributed by atoms with Gasteiger partial charge in [0.25, 0.3) is 5.91 Å². The van der Waals surface area contributed by atoms with Crippen LogP contribution in [0.2, 0.25) is 5.02 Å². The maximum Gasteiger partial charge on any atom is 0.263 e. The van der Waals surface area contributed by atoms with Gasteiger partial charge < -0.3 is 9.64 Å². The Morgan fingerprint density at radius 3 is 2.25 bits per heavy atom. The summed E-state index contributed by atoms with van der Waals surface area (Å²) >= 11 is 5.85. The van der Waals surface area contributed by atoms with Crippen LogP contribution < -0.4 is 4.74 Å². The zero-order chi connectivity index (χ0) is 20.1. The molecule has 0 N–H and O–H groups in total. The van der Waals surface area contributed by atoms with Crippen molar-refractivity contribution in [3.63, 3.8) is 0 Å². The molecule has 1 saturated heterocycles. The number of rotatable bonds is 6. The van der Waals surface area contributed by atoms with Gasteiger partial charge in [-0.15, -0.1) is 0 Å². The third-order valence-corrected chi connectivity index (χ3v) is 6.71. The van der Waals surface area contributed by atoms with Crippen LogP contribution in [0.25, 0.3) is 0 Å². The fourth-order valence-corrected chi connectivity index (χ4v) is 4.73. The molecule has 1 aliphatic heterocycles. The maximum absolute atomic E-state index is 12.6. The molecule has 1 aliphatic rings. The first kappa shape index (κ1) is 20.6. The smallest absolute Gasteiger partial charge is 0.263 e. The van der Waals surface area contributed by atoms with E-state index >= 15 is 0 Å². The first-order chi connectivity index (χ1) is 13.3. The van der Waals surface area contributed by atoms with Crippen molar-refractivity contribution in [3.05, 3.63) is 65.2 Å². The summed E-state index contributed by atoms with van der Waals surface area (Å²) in [6.07, 6.45) is -0.659. The predicted octanol–water partition coefficient (Wildman–Crippen LogP) is 2.78. The number of sulfonamides is 1. The minimum atomic E-state index is -3.41. The van der Waals surface area contributed by atoms with Crippen LogP contribution in [0.15, 0.2) is 54.6 Å². The average Bonchev–Trinajstić information content (AvgIpc) is 2.69. The molecule has 1 fully saturated rings. The largest absolute Gasteiger partial charge is 0.481 e. The van der Waals surface area contributed by atoms with E-state index < -0.39 is 16.1 Å². The summed E-state index contributed by atoms with van der Waals surface area (Å²) in [5, 5.41) is 0.596. The van der Waals surface area contributed by atoms with Gasteiger partial charge in [-0.25, -0.2) is 8.42 Å². The van der Waals surface area contributed by atoms with Gasteiger partial charge in [-0.2, -0.15) is 4.31 Å². The molecule has 0 bridgehead atoms. The summed E-state index contributed by atoms with van der Waals surface area (Å²) in [6.45, 7) is 2.96. The number of ether oxygens (including phenoxy) is 1. The molecule has 0 spiro atoms. The summed E-state index contributed by atoms with van der Waals surface area (Å²) in [5.74, 6) is 0.377. The number of amides is 1. The van der Waals surface area contributed by atoms with E-state index in [2.05, 4.69) is 0 Å². The van der Waals surface area contributed by atoms with Crippen LogP contribution in [0, 0.1) is 0 Å². The zero-order valence-corrected chi connectivity index (χ0v) is 17.2. The van der Waals surface area contributed by atoms with Gasteiger partial charge in [-0.05, 0) is 36.8 Å². The Labute approximate surface area is 170 Å². The molecule has 1 atom stereocenters. The highest BCUT2D eigenvalue weighted by Crippen LogP contribution is 2.18. The molecule has 0 radical (unpaired) electrons. The fourth-order valence-electron chi connectivity index (χ4n) is 3.09. The van der Waals surface area contributed by atoms with Crippen molar-refractivity contribution in [1.82, 2.24) is 9.21 Å². The van der Waals surface area contributed by atoms with E-state index in [9.17, 15) is 13.2 Å². The molecule has 1 amide bonds. The average molecular weight is 423 g/mol. The second kappa shape index (κ2) is 8.94. The molecule has 0 aromatic heterocycles. The van der Waals surface area contributed by atoms with Crippen molar-refractivity contribution in [2.24, 2.45) is 0 Å². The van der Waals surface area contributed by atoms with Gasteiger partial charge in [0.2, 0.25) is 10.0 Å². The lowest BCUT2D eigenvalue weighted by atomic mass is 10.2. The first-order valence-electron chi connectivity index (χ1n) is 9.08. The highest BCUT2D eigenvalue weighted by Gasteiger charge is 2.31. The standard InChI is InChI=1S/C20H23ClN2O4S/c1-16(27-19-9-7-18(21)8-10-19)20(24)22-11-13-23(14-12-22)28(25,26)15-17-5-3-2-4-6-17/h2-10,16H,11-15H2,1H3. The Bertz CT molecular complexity index is 896. The second-order valence-electron chi connectivity index (χ2n) is 6.68. The van der Waals surface area contributed by atoms with Crippen LogP contribution in [0.4, 0.5) is 0 Å². The number of nitrogens with zero attached hydrogens (tertiary/aromatic N) is 2. The van der Waals surface area contributed by atoms with E-state index in [0.717, 1.165) is 5.56 Å². The number of carbonyl (C=O) groups excluding carboxylic acids is 1. The van der Waals surface area contributed by atoms with Crippen molar-refractivity contribution in [1.29, 1.82) is 0 Å². The molecule has 0 saturated carbocycles. The number of benzene rings is 2.